The largest absolute Gasteiger partial charge is 0.375 e. The molecule has 1 aliphatic rings. The molecule has 0 radical (unpaired) electrons. The molecule has 25 heavy (non-hydrogen) atoms. The molecule has 1 unspecified atom stereocenters. The van der Waals surface area contributed by atoms with E-state index in [0.29, 0.717) is 13.2 Å². The van der Waals surface area contributed by atoms with Gasteiger partial charge < -0.3 is 26.4 Å². The van der Waals surface area contributed by atoms with E-state index in [1.54, 1.807) is 0 Å². The number of carbonyl (C=O) groups is 1. The van der Waals surface area contributed by atoms with Crippen LogP contribution in [0.1, 0.15) is 5.56 Å². The number of hydrogen-bond acceptors (Lipinski definition) is 6. The second-order valence-corrected chi connectivity index (χ2v) is 6.20. The Hall–Kier alpha value is -1.51. The molecule has 2 rings (SSSR count). The van der Waals surface area contributed by atoms with Crippen LogP contribution in [0.15, 0.2) is 30.3 Å². The number of ether oxygens (including phenoxy) is 1. The summed E-state index contributed by atoms with van der Waals surface area (Å²) in [5, 5.41) is 10.1. The average molecular weight is 349 g/mol. The molecule has 1 atom stereocenters. The Bertz CT molecular complexity index is 474. The van der Waals surface area contributed by atoms with Gasteiger partial charge in [-0.2, -0.15) is 0 Å². The molecule has 140 valence electrons. The Labute approximate surface area is 150 Å². The SMILES string of the molecule is NC(=O)C(COCc1ccccc1)N1CCNCCNCCNCC1. The summed E-state index contributed by atoms with van der Waals surface area (Å²) in [4.78, 5) is 14.1. The summed E-state index contributed by atoms with van der Waals surface area (Å²) in [5.41, 5.74) is 6.74. The van der Waals surface area contributed by atoms with Crippen LogP contribution in [0.2, 0.25) is 0 Å². The number of carbonyl (C=O) groups excluding carboxylic acids is 1. The smallest absolute Gasteiger partial charge is 0.237 e. The van der Waals surface area contributed by atoms with Crippen LogP contribution >= 0.6 is 0 Å². The molecule has 1 heterocycles. The third-order valence-corrected chi connectivity index (χ3v) is 4.27. The van der Waals surface area contributed by atoms with Gasteiger partial charge in [0.2, 0.25) is 5.91 Å². The monoisotopic (exact) mass is 349 g/mol. The summed E-state index contributed by atoms with van der Waals surface area (Å²) in [6, 6.07) is 9.55. The van der Waals surface area contributed by atoms with E-state index < -0.39 is 6.04 Å². The van der Waals surface area contributed by atoms with Gasteiger partial charge in [0.15, 0.2) is 0 Å². The van der Waals surface area contributed by atoms with Crippen molar-refractivity contribution in [3.8, 4) is 0 Å². The van der Waals surface area contributed by atoms with E-state index in [9.17, 15) is 4.79 Å². The van der Waals surface area contributed by atoms with E-state index in [4.69, 9.17) is 10.5 Å². The molecule has 1 amide bonds. The van der Waals surface area contributed by atoms with Crippen molar-refractivity contribution in [1.82, 2.24) is 20.9 Å². The van der Waals surface area contributed by atoms with Gasteiger partial charge in [-0.1, -0.05) is 30.3 Å². The topological polar surface area (TPSA) is 91.7 Å². The molecule has 0 bridgehead atoms. The highest BCUT2D eigenvalue weighted by Gasteiger charge is 2.23. The number of amides is 1. The third-order valence-electron chi connectivity index (χ3n) is 4.27. The van der Waals surface area contributed by atoms with Crippen molar-refractivity contribution in [2.75, 3.05) is 59.0 Å². The Balaban J connectivity index is 1.86. The molecule has 0 aromatic heterocycles. The first-order valence-electron chi connectivity index (χ1n) is 9.04. The normalized spacial score (nSPS) is 19.5. The van der Waals surface area contributed by atoms with Crippen LogP contribution in [0.3, 0.4) is 0 Å². The Morgan fingerprint density at radius 1 is 1.00 bits per heavy atom. The van der Waals surface area contributed by atoms with Gasteiger partial charge in [0, 0.05) is 52.4 Å². The summed E-state index contributed by atoms with van der Waals surface area (Å²) < 4.78 is 5.78. The van der Waals surface area contributed by atoms with Crippen molar-refractivity contribution in [2.45, 2.75) is 12.6 Å². The second kappa shape index (κ2) is 11.9. The zero-order chi connectivity index (χ0) is 17.7. The molecule has 7 heteroatoms. The predicted octanol–water partition coefficient (Wildman–Crippen LogP) is -0.858. The first-order valence-corrected chi connectivity index (χ1v) is 9.04. The van der Waals surface area contributed by atoms with Crippen molar-refractivity contribution in [3.63, 3.8) is 0 Å². The summed E-state index contributed by atoms with van der Waals surface area (Å²) in [6.45, 7) is 7.70. The highest BCUT2D eigenvalue weighted by Crippen LogP contribution is 2.04. The lowest BCUT2D eigenvalue weighted by Gasteiger charge is -2.30. The van der Waals surface area contributed by atoms with Crippen molar-refractivity contribution in [3.05, 3.63) is 35.9 Å². The zero-order valence-corrected chi connectivity index (χ0v) is 14.9. The van der Waals surface area contributed by atoms with E-state index in [-0.39, 0.29) is 5.91 Å². The zero-order valence-electron chi connectivity index (χ0n) is 14.9. The van der Waals surface area contributed by atoms with Gasteiger partial charge in [-0.15, -0.1) is 0 Å². The third kappa shape index (κ3) is 7.94. The van der Waals surface area contributed by atoms with Crippen LogP contribution < -0.4 is 21.7 Å². The summed E-state index contributed by atoms with van der Waals surface area (Å²) in [7, 11) is 0. The quantitative estimate of drug-likeness (QED) is 0.534. The summed E-state index contributed by atoms with van der Waals surface area (Å²) in [5.74, 6) is -0.332. The Morgan fingerprint density at radius 2 is 1.56 bits per heavy atom. The molecule has 1 saturated heterocycles. The van der Waals surface area contributed by atoms with Crippen molar-refractivity contribution in [2.24, 2.45) is 5.73 Å². The first-order chi connectivity index (χ1) is 12.3. The second-order valence-electron chi connectivity index (χ2n) is 6.20. The van der Waals surface area contributed by atoms with E-state index in [1.807, 2.05) is 30.3 Å². The first kappa shape index (κ1) is 19.8. The van der Waals surface area contributed by atoms with Crippen molar-refractivity contribution in [1.29, 1.82) is 0 Å². The lowest BCUT2D eigenvalue weighted by atomic mass is 10.2. The maximum atomic E-state index is 12.0. The fraction of sp³-hybridized carbons (Fsp3) is 0.611. The van der Waals surface area contributed by atoms with E-state index in [2.05, 4.69) is 20.9 Å². The number of benzene rings is 1. The number of nitrogens with one attached hydrogen (secondary N) is 3. The molecule has 0 spiro atoms. The number of nitrogens with two attached hydrogens (primary N) is 1. The molecule has 1 aromatic carbocycles. The lowest BCUT2D eigenvalue weighted by Crippen LogP contribution is -2.52. The van der Waals surface area contributed by atoms with Crippen LogP contribution in [0.5, 0.6) is 0 Å². The van der Waals surface area contributed by atoms with Crippen LogP contribution in [0.4, 0.5) is 0 Å². The summed E-state index contributed by atoms with van der Waals surface area (Å²) in [6.07, 6.45) is 0. The van der Waals surface area contributed by atoms with Gasteiger partial charge >= 0.3 is 0 Å². The maximum Gasteiger partial charge on any atom is 0.237 e. The Kier molecular flexibility index (Phi) is 9.46. The van der Waals surface area contributed by atoms with Crippen molar-refractivity contribution >= 4 is 5.91 Å². The molecule has 5 N–H and O–H groups in total. The van der Waals surface area contributed by atoms with Crippen LogP contribution in [-0.4, -0.2) is 75.8 Å². The number of primary amides is 1. The maximum absolute atomic E-state index is 12.0. The van der Waals surface area contributed by atoms with E-state index >= 15 is 0 Å². The minimum absolute atomic E-state index is 0.311. The molecule has 1 aromatic rings. The number of nitrogens with zero attached hydrogens (tertiary/aromatic N) is 1. The fourth-order valence-corrected chi connectivity index (χ4v) is 2.83. The van der Waals surface area contributed by atoms with Crippen LogP contribution in [0, 0.1) is 0 Å². The molecular weight excluding hydrogens is 318 g/mol. The minimum atomic E-state index is -0.409. The minimum Gasteiger partial charge on any atom is -0.375 e. The predicted molar refractivity (Wildman–Crippen MR) is 99.3 cm³/mol. The van der Waals surface area contributed by atoms with Gasteiger partial charge in [0.1, 0.15) is 6.04 Å². The van der Waals surface area contributed by atoms with Crippen LogP contribution in [0.25, 0.3) is 0 Å². The molecule has 0 aliphatic carbocycles. The van der Waals surface area contributed by atoms with Gasteiger partial charge in [-0.05, 0) is 5.56 Å². The van der Waals surface area contributed by atoms with Crippen molar-refractivity contribution < 1.29 is 9.53 Å². The highest BCUT2D eigenvalue weighted by molar-refractivity contribution is 5.80. The molecule has 7 nitrogen and oxygen atoms in total. The van der Waals surface area contributed by atoms with E-state index in [0.717, 1.165) is 57.9 Å². The van der Waals surface area contributed by atoms with E-state index in [1.165, 1.54) is 0 Å². The molecule has 1 fully saturated rings. The standard InChI is InChI=1S/C18H31N5O2/c19-18(24)17(15-25-14-16-4-2-1-3-5-16)23-12-10-21-8-6-20-7-9-22-11-13-23/h1-5,17,20-22H,6-15H2,(H2,19,24). The number of rotatable bonds is 6. The molecular formula is C18H31N5O2. The van der Waals surface area contributed by atoms with Gasteiger partial charge in [-0.25, -0.2) is 0 Å². The van der Waals surface area contributed by atoms with Gasteiger partial charge in [0.25, 0.3) is 0 Å². The molecule has 0 saturated carbocycles. The summed E-state index contributed by atoms with van der Waals surface area (Å²) >= 11 is 0. The number of hydrogen-bond donors (Lipinski definition) is 4. The van der Waals surface area contributed by atoms with Crippen LogP contribution in [-0.2, 0) is 16.1 Å². The average Bonchev–Trinajstić information content (AvgIpc) is 2.60. The Morgan fingerprint density at radius 3 is 2.12 bits per heavy atom. The van der Waals surface area contributed by atoms with Gasteiger partial charge in [0.05, 0.1) is 13.2 Å². The lowest BCUT2D eigenvalue weighted by molar-refractivity contribution is -0.125. The van der Waals surface area contributed by atoms with Gasteiger partial charge in [-0.3, -0.25) is 9.69 Å². The fourth-order valence-electron chi connectivity index (χ4n) is 2.83. The highest BCUT2D eigenvalue weighted by atomic mass is 16.5. The molecule has 1 aliphatic heterocycles.